The van der Waals surface area contributed by atoms with E-state index in [0.717, 1.165) is 6.42 Å². The number of rotatable bonds is 6. The van der Waals surface area contributed by atoms with Crippen molar-refractivity contribution in [2.75, 3.05) is 5.88 Å². The third-order valence-corrected chi connectivity index (χ3v) is 3.73. The summed E-state index contributed by atoms with van der Waals surface area (Å²) in [4.78, 5) is 11.8. The van der Waals surface area contributed by atoms with E-state index in [-0.39, 0.29) is 11.9 Å². The molecule has 0 spiro atoms. The molecular formula is C15H22ClNO. The second-order valence-electron chi connectivity index (χ2n) is 4.97. The maximum atomic E-state index is 11.8. The van der Waals surface area contributed by atoms with Gasteiger partial charge in [-0.15, -0.1) is 11.6 Å². The van der Waals surface area contributed by atoms with Crippen LogP contribution >= 0.6 is 11.6 Å². The molecule has 2 atom stereocenters. The van der Waals surface area contributed by atoms with Gasteiger partial charge < -0.3 is 5.32 Å². The first kappa shape index (κ1) is 15.0. The van der Waals surface area contributed by atoms with Gasteiger partial charge in [0.2, 0.25) is 5.91 Å². The van der Waals surface area contributed by atoms with Gasteiger partial charge in [0.25, 0.3) is 0 Å². The van der Waals surface area contributed by atoms with Crippen LogP contribution in [-0.4, -0.2) is 17.8 Å². The highest BCUT2D eigenvalue weighted by molar-refractivity contribution is 6.18. The van der Waals surface area contributed by atoms with Gasteiger partial charge >= 0.3 is 0 Å². The molecule has 2 nitrogen and oxygen atoms in total. The molecular weight excluding hydrogens is 246 g/mol. The number of halogens is 1. The summed E-state index contributed by atoms with van der Waals surface area (Å²) >= 11 is 5.77. The molecule has 0 heterocycles. The van der Waals surface area contributed by atoms with Crippen molar-refractivity contribution in [1.29, 1.82) is 0 Å². The van der Waals surface area contributed by atoms with Gasteiger partial charge in [-0.05, 0) is 31.7 Å². The number of alkyl halides is 1. The van der Waals surface area contributed by atoms with Gasteiger partial charge in [-0.1, -0.05) is 36.8 Å². The molecule has 1 N–H and O–H groups in total. The second kappa shape index (κ2) is 7.42. The van der Waals surface area contributed by atoms with Gasteiger partial charge in [0, 0.05) is 18.3 Å². The third-order valence-electron chi connectivity index (χ3n) is 3.25. The van der Waals surface area contributed by atoms with E-state index in [4.69, 9.17) is 11.6 Å². The normalized spacial score (nSPS) is 14.0. The number of hydrogen-bond donors (Lipinski definition) is 1. The minimum atomic E-state index is 0.0973. The fourth-order valence-corrected chi connectivity index (χ4v) is 1.88. The lowest BCUT2D eigenvalue weighted by atomic mass is 10.0. The van der Waals surface area contributed by atoms with Crippen LogP contribution < -0.4 is 5.32 Å². The standard InChI is InChI=1S/C15H22ClNO/c1-11-4-6-14(7-5-11)8-9-15(18)17-13(3)12(2)10-16/h4-7,12-13H,8-10H2,1-3H3,(H,17,18). The Bertz CT molecular complexity index is 375. The minimum absolute atomic E-state index is 0.0973. The predicted molar refractivity (Wildman–Crippen MR) is 77.0 cm³/mol. The van der Waals surface area contributed by atoms with Crippen molar-refractivity contribution in [3.8, 4) is 0 Å². The summed E-state index contributed by atoms with van der Waals surface area (Å²) in [5.74, 6) is 0.967. The highest BCUT2D eigenvalue weighted by atomic mass is 35.5. The minimum Gasteiger partial charge on any atom is -0.353 e. The molecule has 0 aliphatic carbocycles. The Labute approximate surface area is 115 Å². The van der Waals surface area contributed by atoms with Crippen LogP contribution in [0.2, 0.25) is 0 Å². The van der Waals surface area contributed by atoms with Gasteiger partial charge in [0.1, 0.15) is 0 Å². The molecule has 18 heavy (non-hydrogen) atoms. The van der Waals surface area contributed by atoms with E-state index >= 15 is 0 Å². The molecule has 0 saturated heterocycles. The lowest BCUT2D eigenvalue weighted by Crippen LogP contribution is -2.37. The van der Waals surface area contributed by atoms with Gasteiger partial charge in [-0.3, -0.25) is 4.79 Å². The largest absolute Gasteiger partial charge is 0.353 e. The molecule has 1 rings (SSSR count). The Morgan fingerprint density at radius 3 is 2.44 bits per heavy atom. The van der Waals surface area contributed by atoms with E-state index in [9.17, 15) is 4.79 Å². The van der Waals surface area contributed by atoms with Crippen molar-refractivity contribution in [2.45, 2.75) is 39.7 Å². The molecule has 0 aliphatic rings. The van der Waals surface area contributed by atoms with Crippen LogP contribution in [0.5, 0.6) is 0 Å². The molecule has 1 amide bonds. The molecule has 0 aromatic heterocycles. The fourth-order valence-electron chi connectivity index (χ4n) is 1.61. The number of benzene rings is 1. The molecule has 100 valence electrons. The Morgan fingerprint density at radius 2 is 1.89 bits per heavy atom. The van der Waals surface area contributed by atoms with Crippen LogP contribution in [0.3, 0.4) is 0 Å². The van der Waals surface area contributed by atoms with Crippen LogP contribution in [0.1, 0.15) is 31.4 Å². The lowest BCUT2D eigenvalue weighted by molar-refractivity contribution is -0.121. The molecule has 0 radical (unpaired) electrons. The number of nitrogens with one attached hydrogen (secondary N) is 1. The summed E-state index contributed by atoms with van der Waals surface area (Å²) in [5, 5.41) is 2.99. The summed E-state index contributed by atoms with van der Waals surface area (Å²) in [6.07, 6.45) is 1.32. The van der Waals surface area contributed by atoms with Crippen molar-refractivity contribution < 1.29 is 4.79 Å². The Morgan fingerprint density at radius 1 is 1.28 bits per heavy atom. The monoisotopic (exact) mass is 267 g/mol. The van der Waals surface area contributed by atoms with Crippen molar-refractivity contribution >= 4 is 17.5 Å². The Hall–Kier alpha value is -1.02. The van der Waals surface area contributed by atoms with Crippen molar-refractivity contribution in [1.82, 2.24) is 5.32 Å². The number of carbonyl (C=O) groups is 1. The van der Waals surface area contributed by atoms with E-state index in [1.807, 2.05) is 13.8 Å². The molecule has 0 fully saturated rings. The average Bonchev–Trinajstić information content (AvgIpc) is 2.37. The Balaban J connectivity index is 2.35. The first-order valence-electron chi connectivity index (χ1n) is 6.43. The molecule has 1 aromatic rings. The average molecular weight is 268 g/mol. The van der Waals surface area contributed by atoms with Gasteiger partial charge in [0.05, 0.1) is 0 Å². The highest BCUT2D eigenvalue weighted by Crippen LogP contribution is 2.07. The number of carbonyl (C=O) groups excluding carboxylic acids is 1. The van der Waals surface area contributed by atoms with Gasteiger partial charge in [-0.2, -0.15) is 0 Å². The number of amides is 1. The van der Waals surface area contributed by atoms with Gasteiger partial charge in [-0.25, -0.2) is 0 Å². The smallest absolute Gasteiger partial charge is 0.220 e. The fraction of sp³-hybridized carbons (Fsp3) is 0.533. The summed E-state index contributed by atoms with van der Waals surface area (Å²) < 4.78 is 0. The molecule has 3 heteroatoms. The predicted octanol–water partition coefficient (Wildman–Crippen LogP) is 3.31. The SMILES string of the molecule is Cc1ccc(CCC(=O)NC(C)C(C)CCl)cc1. The topological polar surface area (TPSA) is 29.1 Å². The summed E-state index contributed by atoms with van der Waals surface area (Å²) in [6, 6.07) is 8.44. The highest BCUT2D eigenvalue weighted by Gasteiger charge is 2.13. The summed E-state index contributed by atoms with van der Waals surface area (Å²) in [5.41, 5.74) is 2.45. The quantitative estimate of drug-likeness (QED) is 0.788. The summed E-state index contributed by atoms with van der Waals surface area (Å²) in [7, 11) is 0. The van der Waals surface area contributed by atoms with Crippen LogP contribution in [0.25, 0.3) is 0 Å². The number of aryl methyl sites for hydroxylation is 2. The number of hydrogen-bond acceptors (Lipinski definition) is 1. The van der Waals surface area contributed by atoms with E-state index in [1.54, 1.807) is 0 Å². The Kier molecular flexibility index (Phi) is 6.20. The van der Waals surface area contributed by atoms with Crippen LogP contribution in [0.15, 0.2) is 24.3 Å². The maximum absolute atomic E-state index is 11.8. The van der Waals surface area contributed by atoms with Crippen molar-refractivity contribution in [3.05, 3.63) is 35.4 Å². The lowest BCUT2D eigenvalue weighted by Gasteiger charge is -2.19. The van der Waals surface area contributed by atoms with Crippen molar-refractivity contribution in [3.63, 3.8) is 0 Å². The zero-order chi connectivity index (χ0) is 13.5. The summed E-state index contributed by atoms with van der Waals surface area (Å²) in [6.45, 7) is 6.10. The zero-order valence-electron chi connectivity index (χ0n) is 11.4. The molecule has 0 saturated carbocycles. The first-order chi connectivity index (χ1) is 8.52. The zero-order valence-corrected chi connectivity index (χ0v) is 12.1. The van der Waals surface area contributed by atoms with Crippen LogP contribution in [0.4, 0.5) is 0 Å². The molecule has 1 aromatic carbocycles. The second-order valence-corrected chi connectivity index (χ2v) is 5.28. The van der Waals surface area contributed by atoms with Crippen molar-refractivity contribution in [2.24, 2.45) is 5.92 Å². The third kappa shape index (κ3) is 5.09. The van der Waals surface area contributed by atoms with E-state index < -0.39 is 0 Å². The molecule has 2 unspecified atom stereocenters. The first-order valence-corrected chi connectivity index (χ1v) is 6.97. The van der Waals surface area contributed by atoms with Crippen LogP contribution in [-0.2, 0) is 11.2 Å². The van der Waals surface area contributed by atoms with E-state index in [1.165, 1.54) is 11.1 Å². The van der Waals surface area contributed by atoms with Gasteiger partial charge in [0.15, 0.2) is 0 Å². The van der Waals surface area contributed by atoms with Crippen LogP contribution in [0, 0.1) is 12.8 Å². The van der Waals surface area contributed by atoms with E-state index in [2.05, 4.69) is 36.5 Å². The maximum Gasteiger partial charge on any atom is 0.220 e. The molecule has 0 aliphatic heterocycles. The molecule has 0 bridgehead atoms. The van der Waals surface area contributed by atoms with E-state index in [0.29, 0.717) is 18.2 Å².